The van der Waals surface area contributed by atoms with Gasteiger partial charge in [-0.2, -0.15) is 5.10 Å². The number of carbonyl (C=O) groups is 1. The van der Waals surface area contributed by atoms with Crippen LogP contribution in [0.1, 0.15) is 17.4 Å². The molecule has 0 aliphatic heterocycles. The monoisotopic (exact) mass is 274 g/mol. The molecule has 0 spiro atoms. The zero-order valence-corrected chi connectivity index (χ0v) is 11.3. The Bertz CT molecular complexity index is 591. The van der Waals surface area contributed by atoms with Crippen molar-refractivity contribution in [2.45, 2.75) is 13.3 Å². The van der Waals surface area contributed by atoms with Gasteiger partial charge in [0.1, 0.15) is 5.75 Å². The van der Waals surface area contributed by atoms with Gasteiger partial charge in [0.2, 0.25) is 5.91 Å². The van der Waals surface area contributed by atoms with E-state index in [-0.39, 0.29) is 11.7 Å². The maximum absolute atomic E-state index is 11.7. The molecule has 0 saturated heterocycles. The maximum Gasteiger partial charge on any atom is 0.245 e. The Kier molecular flexibility index (Phi) is 4.30. The van der Waals surface area contributed by atoms with Gasteiger partial charge in [0.25, 0.3) is 0 Å². The Morgan fingerprint density at radius 1 is 1.32 bits per heavy atom. The van der Waals surface area contributed by atoms with Crippen molar-refractivity contribution in [3.63, 3.8) is 0 Å². The highest BCUT2D eigenvalue weighted by atomic mass is 32.1. The normalized spacial score (nSPS) is 11.3. The van der Waals surface area contributed by atoms with Crippen LogP contribution in [0.25, 0.3) is 0 Å². The molecule has 1 aromatic carbocycles. The van der Waals surface area contributed by atoms with Crippen LogP contribution in [0.4, 0.5) is 0 Å². The number of phenolic OH excluding ortho intramolecular Hbond substituents is 1. The van der Waals surface area contributed by atoms with Gasteiger partial charge in [-0.15, -0.1) is 11.3 Å². The van der Waals surface area contributed by atoms with Crippen LogP contribution in [0.3, 0.4) is 0 Å². The van der Waals surface area contributed by atoms with Crippen molar-refractivity contribution in [2.24, 2.45) is 5.10 Å². The Labute approximate surface area is 115 Å². The van der Waals surface area contributed by atoms with Gasteiger partial charge in [-0.05, 0) is 30.5 Å². The van der Waals surface area contributed by atoms with Crippen LogP contribution in [0.2, 0.25) is 0 Å². The molecular formula is C14H14N2O2S. The zero-order chi connectivity index (χ0) is 13.7. The molecule has 2 N–H and O–H groups in total. The minimum Gasteiger partial charge on any atom is -0.507 e. The Morgan fingerprint density at radius 3 is 2.79 bits per heavy atom. The van der Waals surface area contributed by atoms with Crippen molar-refractivity contribution in [1.82, 2.24) is 5.43 Å². The summed E-state index contributed by atoms with van der Waals surface area (Å²) in [5.41, 5.74) is 3.67. The third-order valence-corrected chi connectivity index (χ3v) is 3.43. The molecule has 2 rings (SSSR count). The second-order valence-electron chi connectivity index (χ2n) is 4.01. The van der Waals surface area contributed by atoms with E-state index in [0.717, 1.165) is 4.88 Å². The van der Waals surface area contributed by atoms with Crippen LogP contribution in [0, 0.1) is 0 Å². The summed E-state index contributed by atoms with van der Waals surface area (Å²) in [7, 11) is 0. The lowest BCUT2D eigenvalue weighted by molar-refractivity contribution is -0.120. The number of benzene rings is 1. The molecule has 19 heavy (non-hydrogen) atoms. The highest BCUT2D eigenvalue weighted by Crippen LogP contribution is 2.16. The molecular weight excluding hydrogens is 260 g/mol. The van der Waals surface area contributed by atoms with E-state index in [0.29, 0.717) is 17.7 Å². The van der Waals surface area contributed by atoms with Gasteiger partial charge in [-0.3, -0.25) is 4.79 Å². The summed E-state index contributed by atoms with van der Waals surface area (Å²) in [6, 6.07) is 10.7. The number of hydrogen-bond acceptors (Lipinski definition) is 4. The molecule has 0 aliphatic carbocycles. The maximum atomic E-state index is 11.7. The molecule has 98 valence electrons. The smallest absolute Gasteiger partial charge is 0.245 e. The van der Waals surface area contributed by atoms with E-state index in [1.807, 2.05) is 23.6 Å². The topological polar surface area (TPSA) is 61.7 Å². The Balaban J connectivity index is 1.98. The summed E-state index contributed by atoms with van der Waals surface area (Å²) in [5, 5.41) is 15.6. The lowest BCUT2D eigenvalue weighted by Gasteiger charge is -2.04. The number of rotatable bonds is 4. The van der Waals surface area contributed by atoms with Gasteiger partial charge >= 0.3 is 0 Å². The fraction of sp³-hybridized carbons (Fsp3) is 0.143. The first-order valence-electron chi connectivity index (χ1n) is 5.80. The van der Waals surface area contributed by atoms with Crippen molar-refractivity contribution < 1.29 is 9.90 Å². The fourth-order valence-electron chi connectivity index (χ4n) is 1.60. The van der Waals surface area contributed by atoms with Gasteiger partial charge in [0.15, 0.2) is 0 Å². The summed E-state index contributed by atoms with van der Waals surface area (Å²) in [4.78, 5) is 12.7. The number of hydrazone groups is 1. The first-order chi connectivity index (χ1) is 9.16. The van der Waals surface area contributed by atoms with Crippen molar-refractivity contribution in [1.29, 1.82) is 0 Å². The van der Waals surface area contributed by atoms with Crippen LogP contribution in [0.15, 0.2) is 46.9 Å². The number of aromatic hydroxyl groups is 1. The third kappa shape index (κ3) is 3.66. The summed E-state index contributed by atoms with van der Waals surface area (Å²) in [6.07, 6.45) is 0.315. The SMILES string of the molecule is C/C(=N/NC(=O)Cc1cccs1)c1ccccc1O. The number of para-hydroxylation sites is 1. The minimum atomic E-state index is -0.169. The van der Waals surface area contributed by atoms with Crippen LogP contribution >= 0.6 is 11.3 Å². The molecule has 0 aliphatic rings. The summed E-state index contributed by atoms with van der Waals surface area (Å²) in [5.74, 6) is -0.0199. The fourth-order valence-corrected chi connectivity index (χ4v) is 2.30. The first kappa shape index (κ1) is 13.3. The number of hydrogen-bond donors (Lipinski definition) is 2. The molecule has 5 heteroatoms. The minimum absolute atomic E-state index is 0.149. The van der Waals surface area contributed by atoms with Gasteiger partial charge in [-0.1, -0.05) is 18.2 Å². The number of amides is 1. The molecule has 0 saturated carbocycles. The molecule has 1 heterocycles. The van der Waals surface area contributed by atoms with Crippen molar-refractivity contribution in [3.8, 4) is 5.75 Å². The number of nitrogens with one attached hydrogen (secondary N) is 1. The molecule has 0 fully saturated rings. The van der Waals surface area contributed by atoms with E-state index in [4.69, 9.17) is 0 Å². The van der Waals surface area contributed by atoms with Crippen LogP contribution < -0.4 is 5.43 Å². The van der Waals surface area contributed by atoms with E-state index in [1.54, 1.807) is 25.1 Å². The molecule has 4 nitrogen and oxygen atoms in total. The summed E-state index contributed by atoms with van der Waals surface area (Å²) < 4.78 is 0. The molecule has 1 aromatic heterocycles. The van der Waals surface area contributed by atoms with Gasteiger partial charge in [0, 0.05) is 10.4 Å². The highest BCUT2D eigenvalue weighted by molar-refractivity contribution is 7.10. The lowest BCUT2D eigenvalue weighted by Crippen LogP contribution is -2.20. The molecule has 0 atom stereocenters. The van der Waals surface area contributed by atoms with E-state index < -0.39 is 0 Å². The Morgan fingerprint density at radius 2 is 2.11 bits per heavy atom. The number of carbonyl (C=O) groups excluding carboxylic acids is 1. The van der Waals surface area contributed by atoms with Gasteiger partial charge in [-0.25, -0.2) is 5.43 Å². The third-order valence-electron chi connectivity index (χ3n) is 2.56. The number of phenols is 1. The quantitative estimate of drug-likeness (QED) is 0.665. The van der Waals surface area contributed by atoms with E-state index in [1.165, 1.54) is 11.3 Å². The second kappa shape index (κ2) is 6.15. The molecule has 0 radical (unpaired) electrons. The summed E-state index contributed by atoms with van der Waals surface area (Å²) >= 11 is 1.54. The average Bonchev–Trinajstić information content (AvgIpc) is 2.89. The Hall–Kier alpha value is -2.14. The van der Waals surface area contributed by atoms with Crippen molar-refractivity contribution in [3.05, 3.63) is 52.2 Å². The second-order valence-corrected chi connectivity index (χ2v) is 5.04. The summed E-state index contributed by atoms with van der Waals surface area (Å²) in [6.45, 7) is 1.74. The average molecular weight is 274 g/mol. The lowest BCUT2D eigenvalue weighted by atomic mass is 10.1. The standard InChI is InChI=1S/C14H14N2O2S/c1-10(12-6-2-3-7-13(12)17)15-16-14(18)9-11-5-4-8-19-11/h2-8,17H,9H2,1H3,(H,16,18)/b15-10-. The van der Waals surface area contributed by atoms with Crippen LogP contribution in [0.5, 0.6) is 5.75 Å². The molecule has 0 unspecified atom stereocenters. The van der Waals surface area contributed by atoms with Gasteiger partial charge in [0.05, 0.1) is 12.1 Å². The molecule has 2 aromatic rings. The van der Waals surface area contributed by atoms with Crippen molar-refractivity contribution >= 4 is 23.0 Å². The highest BCUT2D eigenvalue weighted by Gasteiger charge is 2.05. The first-order valence-corrected chi connectivity index (χ1v) is 6.68. The van der Waals surface area contributed by atoms with Gasteiger partial charge < -0.3 is 5.11 Å². The van der Waals surface area contributed by atoms with Crippen LogP contribution in [-0.2, 0) is 11.2 Å². The molecule has 0 bridgehead atoms. The van der Waals surface area contributed by atoms with E-state index in [2.05, 4.69) is 10.5 Å². The number of nitrogens with zero attached hydrogens (tertiary/aromatic N) is 1. The number of thiophene rings is 1. The van der Waals surface area contributed by atoms with Crippen molar-refractivity contribution in [2.75, 3.05) is 0 Å². The largest absolute Gasteiger partial charge is 0.507 e. The van der Waals surface area contributed by atoms with Crippen LogP contribution in [-0.4, -0.2) is 16.7 Å². The van der Waals surface area contributed by atoms with E-state index >= 15 is 0 Å². The molecule has 1 amide bonds. The van der Waals surface area contributed by atoms with E-state index in [9.17, 15) is 9.90 Å². The predicted molar refractivity (Wildman–Crippen MR) is 76.5 cm³/mol. The predicted octanol–water partition coefficient (Wildman–Crippen LogP) is 2.54. The zero-order valence-electron chi connectivity index (χ0n) is 10.5.